The molecule has 22 heavy (non-hydrogen) atoms. The highest BCUT2D eigenvalue weighted by Gasteiger charge is 2.06. The molecule has 0 fully saturated rings. The Morgan fingerprint density at radius 3 is 2.68 bits per heavy atom. The second kappa shape index (κ2) is 8.29. The highest BCUT2D eigenvalue weighted by Crippen LogP contribution is 2.17. The first kappa shape index (κ1) is 16.2. The quantitative estimate of drug-likeness (QED) is 0.730. The lowest BCUT2D eigenvalue weighted by molar-refractivity contribution is 0.405. The van der Waals surface area contributed by atoms with Crippen LogP contribution in [0.2, 0.25) is 0 Å². The summed E-state index contributed by atoms with van der Waals surface area (Å²) in [5, 5.41) is 14.6. The van der Waals surface area contributed by atoms with Crippen LogP contribution in [0.4, 0.5) is 11.8 Å². The predicted octanol–water partition coefficient (Wildman–Crippen LogP) is 2.41. The first-order chi connectivity index (χ1) is 10.6. The van der Waals surface area contributed by atoms with Crippen LogP contribution in [0.15, 0.2) is 36.5 Å². The molecule has 0 saturated heterocycles. The van der Waals surface area contributed by atoms with Gasteiger partial charge in [0.2, 0.25) is 5.95 Å². The number of anilines is 2. The second-order valence-corrected chi connectivity index (χ2v) is 5.53. The number of nitrogens with zero attached hydrogens (tertiary/aromatic N) is 4. The van der Waals surface area contributed by atoms with E-state index >= 15 is 0 Å². The summed E-state index contributed by atoms with van der Waals surface area (Å²) in [5.41, 5.74) is 1.21. The molecule has 2 rings (SSSR count). The third-order valence-electron chi connectivity index (χ3n) is 3.29. The molecule has 0 bridgehead atoms. The van der Waals surface area contributed by atoms with E-state index in [2.05, 4.69) is 63.9 Å². The van der Waals surface area contributed by atoms with Gasteiger partial charge in [0, 0.05) is 12.6 Å². The fraction of sp³-hybridized carbons (Fsp3) is 0.438. The highest BCUT2D eigenvalue weighted by atomic mass is 15.3. The molecule has 6 nitrogen and oxygen atoms in total. The molecule has 0 amide bonds. The van der Waals surface area contributed by atoms with Crippen LogP contribution < -0.4 is 10.6 Å². The molecular weight excluding hydrogens is 276 g/mol. The van der Waals surface area contributed by atoms with Crippen molar-refractivity contribution in [2.24, 2.45) is 0 Å². The van der Waals surface area contributed by atoms with Gasteiger partial charge in [0.1, 0.15) is 0 Å². The van der Waals surface area contributed by atoms with Crippen LogP contribution in [0.5, 0.6) is 0 Å². The summed E-state index contributed by atoms with van der Waals surface area (Å²) in [5.74, 6) is 1.28. The van der Waals surface area contributed by atoms with Gasteiger partial charge in [-0.15, -0.1) is 5.10 Å². The molecule has 2 N–H and O–H groups in total. The molecule has 0 aliphatic rings. The molecule has 1 aromatic carbocycles. The lowest BCUT2D eigenvalue weighted by Gasteiger charge is -2.15. The Bertz CT molecular complexity index is 558. The Hall–Kier alpha value is -2.21. The van der Waals surface area contributed by atoms with E-state index in [0.29, 0.717) is 5.95 Å². The van der Waals surface area contributed by atoms with E-state index in [1.165, 1.54) is 5.56 Å². The SMILES string of the molecule is CC(Nc1cnnc(NCCCN(C)C)n1)c1ccccc1. The van der Waals surface area contributed by atoms with Gasteiger partial charge in [0.25, 0.3) is 0 Å². The van der Waals surface area contributed by atoms with Crippen LogP contribution in [0.3, 0.4) is 0 Å². The minimum absolute atomic E-state index is 0.166. The molecular formula is C16H24N6. The van der Waals surface area contributed by atoms with Crippen LogP contribution in [0, 0.1) is 0 Å². The van der Waals surface area contributed by atoms with E-state index < -0.39 is 0 Å². The van der Waals surface area contributed by atoms with E-state index in [-0.39, 0.29) is 6.04 Å². The maximum absolute atomic E-state index is 4.45. The maximum Gasteiger partial charge on any atom is 0.244 e. The molecule has 0 aliphatic heterocycles. The monoisotopic (exact) mass is 300 g/mol. The van der Waals surface area contributed by atoms with Crippen LogP contribution in [0.1, 0.15) is 24.9 Å². The predicted molar refractivity (Wildman–Crippen MR) is 90.0 cm³/mol. The lowest BCUT2D eigenvalue weighted by Crippen LogP contribution is -2.17. The first-order valence-electron chi connectivity index (χ1n) is 7.55. The number of benzene rings is 1. The average Bonchev–Trinajstić information content (AvgIpc) is 2.52. The van der Waals surface area contributed by atoms with E-state index in [1.807, 2.05) is 18.2 Å². The molecule has 0 saturated carbocycles. The maximum atomic E-state index is 4.45. The Morgan fingerprint density at radius 1 is 1.18 bits per heavy atom. The van der Waals surface area contributed by atoms with Crippen molar-refractivity contribution in [3.63, 3.8) is 0 Å². The number of aromatic nitrogens is 3. The Kier molecular flexibility index (Phi) is 6.09. The topological polar surface area (TPSA) is 66.0 Å². The van der Waals surface area contributed by atoms with Gasteiger partial charge in [-0.1, -0.05) is 30.3 Å². The summed E-state index contributed by atoms with van der Waals surface area (Å²) < 4.78 is 0. The zero-order valence-corrected chi connectivity index (χ0v) is 13.5. The fourth-order valence-electron chi connectivity index (χ4n) is 2.09. The fourth-order valence-corrected chi connectivity index (χ4v) is 2.09. The van der Waals surface area contributed by atoms with Crippen molar-refractivity contribution in [2.45, 2.75) is 19.4 Å². The molecule has 1 aromatic heterocycles. The van der Waals surface area contributed by atoms with Gasteiger partial charge < -0.3 is 15.5 Å². The number of hydrogen-bond donors (Lipinski definition) is 2. The lowest BCUT2D eigenvalue weighted by atomic mass is 10.1. The molecule has 1 heterocycles. The van der Waals surface area contributed by atoms with Crippen molar-refractivity contribution in [1.29, 1.82) is 0 Å². The molecule has 6 heteroatoms. The molecule has 1 unspecified atom stereocenters. The Labute approximate surface area is 132 Å². The summed E-state index contributed by atoms with van der Waals surface area (Å²) >= 11 is 0. The van der Waals surface area contributed by atoms with Gasteiger partial charge in [-0.25, -0.2) is 0 Å². The highest BCUT2D eigenvalue weighted by molar-refractivity contribution is 5.39. The molecule has 118 valence electrons. The molecule has 0 spiro atoms. The smallest absolute Gasteiger partial charge is 0.244 e. The van der Waals surface area contributed by atoms with Crippen molar-refractivity contribution in [3.05, 3.63) is 42.1 Å². The molecule has 0 aliphatic carbocycles. The van der Waals surface area contributed by atoms with Crippen molar-refractivity contribution >= 4 is 11.8 Å². The van der Waals surface area contributed by atoms with E-state index in [9.17, 15) is 0 Å². The summed E-state index contributed by atoms with van der Waals surface area (Å²) in [6.45, 7) is 3.96. The van der Waals surface area contributed by atoms with Gasteiger partial charge in [-0.05, 0) is 39.5 Å². The molecule has 1 atom stereocenters. The summed E-state index contributed by atoms with van der Waals surface area (Å²) in [4.78, 5) is 6.60. The minimum atomic E-state index is 0.166. The summed E-state index contributed by atoms with van der Waals surface area (Å²) in [7, 11) is 4.13. The van der Waals surface area contributed by atoms with E-state index in [4.69, 9.17) is 0 Å². The number of nitrogens with one attached hydrogen (secondary N) is 2. The standard InChI is InChI=1S/C16H24N6/c1-13(14-8-5-4-6-9-14)19-15-12-18-21-16(20-15)17-10-7-11-22(2)3/h4-6,8-9,12-13H,7,10-11H2,1-3H3,(H2,17,19,20,21). The second-order valence-electron chi connectivity index (χ2n) is 5.53. The van der Waals surface area contributed by atoms with E-state index in [0.717, 1.165) is 25.3 Å². The van der Waals surface area contributed by atoms with Crippen LogP contribution in [-0.4, -0.2) is 47.3 Å². The number of hydrogen-bond acceptors (Lipinski definition) is 6. The third kappa shape index (κ3) is 5.29. The average molecular weight is 300 g/mol. The molecule has 0 radical (unpaired) electrons. The summed E-state index contributed by atoms with van der Waals surface area (Å²) in [6.07, 6.45) is 2.68. The minimum Gasteiger partial charge on any atom is -0.362 e. The number of rotatable bonds is 8. The van der Waals surface area contributed by atoms with Gasteiger partial charge in [0.15, 0.2) is 5.82 Å². The Balaban J connectivity index is 1.88. The van der Waals surface area contributed by atoms with E-state index in [1.54, 1.807) is 6.20 Å². The first-order valence-corrected chi connectivity index (χ1v) is 7.55. The third-order valence-corrected chi connectivity index (χ3v) is 3.29. The molecule has 2 aromatic rings. The van der Waals surface area contributed by atoms with Gasteiger partial charge in [0.05, 0.1) is 6.20 Å². The Morgan fingerprint density at radius 2 is 1.95 bits per heavy atom. The zero-order valence-electron chi connectivity index (χ0n) is 13.5. The van der Waals surface area contributed by atoms with Crippen molar-refractivity contribution in [3.8, 4) is 0 Å². The van der Waals surface area contributed by atoms with Crippen LogP contribution >= 0.6 is 0 Å². The van der Waals surface area contributed by atoms with Gasteiger partial charge >= 0.3 is 0 Å². The van der Waals surface area contributed by atoms with Crippen LogP contribution in [0.25, 0.3) is 0 Å². The largest absolute Gasteiger partial charge is 0.362 e. The van der Waals surface area contributed by atoms with Gasteiger partial charge in [-0.3, -0.25) is 0 Å². The van der Waals surface area contributed by atoms with Crippen LogP contribution in [-0.2, 0) is 0 Å². The van der Waals surface area contributed by atoms with Crippen molar-refractivity contribution in [2.75, 3.05) is 37.8 Å². The summed E-state index contributed by atoms with van der Waals surface area (Å²) in [6, 6.07) is 10.4. The van der Waals surface area contributed by atoms with Crippen molar-refractivity contribution < 1.29 is 0 Å². The van der Waals surface area contributed by atoms with Crippen molar-refractivity contribution in [1.82, 2.24) is 20.1 Å². The van der Waals surface area contributed by atoms with Gasteiger partial charge in [-0.2, -0.15) is 10.1 Å². The normalized spacial score (nSPS) is 12.2. The zero-order chi connectivity index (χ0) is 15.8.